The van der Waals surface area contributed by atoms with Gasteiger partial charge in [0, 0.05) is 19.6 Å². The molecule has 0 unspecified atom stereocenters. The number of hydrogen-bond donors (Lipinski definition) is 1. The lowest BCUT2D eigenvalue weighted by Crippen LogP contribution is -2.32. The second kappa shape index (κ2) is 7.66. The maximum Gasteiger partial charge on any atom is 0.161 e. The third-order valence-electron chi connectivity index (χ3n) is 4.81. The number of nitrogens with zero attached hydrogens (tertiary/aromatic N) is 1. The van der Waals surface area contributed by atoms with Crippen molar-refractivity contribution in [2.75, 3.05) is 40.2 Å². The van der Waals surface area contributed by atoms with E-state index in [-0.39, 0.29) is 0 Å². The second-order valence-corrected chi connectivity index (χ2v) is 6.33. The van der Waals surface area contributed by atoms with Crippen molar-refractivity contribution in [2.24, 2.45) is 0 Å². The van der Waals surface area contributed by atoms with Crippen LogP contribution in [0.5, 0.6) is 17.2 Å². The van der Waals surface area contributed by atoms with E-state index >= 15 is 0 Å². The molecular weight excluding hydrogens is 316 g/mol. The van der Waals surface area contributed by atoms with Gasteiger partial charge in [0.1, 0.15) is 5.75 Å². The van der Waals surface area contributed by atoms with Gasteiger partial charge in [0.25, 0.3) is 0 Å². The van der Waals surface area contributed by atoms with Crippen molar-refractivity contribution in [2.45, 2.75) is 19.4 Å². The third kappa shape index (κ3) is 3.82. The fourth-order valence-electron chi connectivity index (χ4n) is 3.33. The standard InChI is InChI=1S/C20H26N2O3/c1-23-18-10-14(4-5-17(18)21)6-8-22-9-7-15-11-19(24-2)20(25-3)12-16(15)13-22/h4-5,10-12H,6-9,13,21H2,1-3H3. The number of fused-ring (bicyclic) bond motifs is 1. The van der Waals surface area contributed by atoms with Crippen molar-refractivity contribution in [1.82, 2.24) is 4.90 Å². The van der Waals surface area contributed by atoms with Gasteiger partial charge in [0.2, 0.25) is 0 Å². The molecule has 0 aliphatic carbocycles. The predicted octanol–water partition coefficient (Wildman–Crippen LogP) is 2.90. The van der Waals surface area contributed by atoms with Crippen molar-refractivity contribution in [3.8, 4) is 17.2 Å². The molecule has 0 radical (unpaired) electrons. The fraction of sp³-hybridized carbons (Fsp3) is 0.400. The zero-order valence-corrected chi connectivity index (χ0v) is 15.2. The van der Waals surface area contributed by atoms with Gasteiger partial charge in [-0.3, -0.25) is 4.90 Å². The largest absolute Gasteiger partial charge is 0.495 e. The molecule has 0 amide bonds. The Kier molecular flexibility index (Phi) is 5.34. The number of nitrogen functional groups attached to an aromatic ring is 1. The van der Waals surface area contributed by atoms with Gasteiger partial charge in [0.05, 0.1) is 27.0 Å². The monoisotopic (exact) mass is 342 g/mol. The van der Waals surface area contributed by atoms with E-state index in [1.807, 2.05) is 12.1 Å². The van der Waals surface area contributed by atoms with Crippen molar-refractivity contribution in [3.05, 3.63) is 47.0 Å². The van der Waals surface area contributed by atoms with Crippen LogP contribution in [0.4, 0.5) is 5.69 Å². The van der Waals surface area contributed by atoms with Crippen LogP contribution < -0.4 is 19.9 Å². The van der Waals surface area contributed by atoms with E-state index in [0.29, 0.717) is 5.69 Å². The van der Waals surface area contributed by atoms with Crippen LogP contribution in [0, 0.1) is 0 Å². The lowest BCUT2D eigenvalue weighted by molar-refractivity contribution is 0.255. The first-order valence-electron chi connectivity index (χ1n) is 8.53. The molecule has 0 fully saturated rings. The first-order chi connectivity index (χ1) is 12.1. The van der Waals surface area contributed by atoms with Crippen LogP contribution in [-0.4, -0.2) is 39.3 Å². The molecule has 25 heavy (non-hydrogen) atoms. The molecule has 5 heteroatoms. The Morgan fingerprint density at radius 3 is 2.28 bits per heavy atom. The number of methoxy groups -OCH3 is 3. The molecule has 2 N–H and O–H groups in total. The summed E-state index contributed by atoms with van der Waals surface area (Å²) in [6.45, 7) is 2.98. The summed E-state index contributed by atoms with van der Waals surface area (Å²) in [6, 6.07) is 10.2. The van der Waals surface area contributed by atoms with Crippen LogP contribution in [0.3, 0.4) is 0 Å². The zero-order valence-electron chi connectivity index (χ0n) is 15.2. The van der Waals surface area contributed by atoms with Gasteiger partial charge in [-0.15, -0.1) is 0 Å². The first kappa shape index (κ1) is 17.4. The highest BCUT2D eigenvalue weighted by molar-refractivity contribution is 5.54. The number of benzene rings is 2. The molecule has 0 aromatic heterocycles. The normalized spacial score (nSPS) is 14.0. The smallest absolute Gasteiger partial charge is 0.161 e. The van der Waals surface area contributed by atoms with Gasteiger partial charge in [-0.1, -0.05) is 6.07 Å². The van der Waals surface area contributed by atoms with E-state index in [1.54, 1.807) is 21.3 Å². The van der Waals surface area contributed by atoms with Gasteiger partial charge in [0.15, 0.2) is 11.5 Å². The topological polar surface area (TPSA) is 57.0 Å². The lowest BCUT2D eigenvalue weighted by atomic mass is 9.98. The molecule has 1 aliphatic rings. The van der Waals surface area contributed by atoms with Crippen molar-refractivity contribution in [1.29, 1.82) is 0 Å². The number of anilines is 1. The summed E-state index contributed by atoms with van der Waals surface area (Å²) in [4.78, 5) is 2.47. The molecule has 0 saturated heterocycles. The van der Waals surface area contributed by atoms with E-state index in [0.717, 1.165) is 49.7 Å². The minimum absolute atomic E-state index is 0.680. The summed E-state index contributed by atoms with van der Waals surface area (Å²) in [5, 5.41) is 0. The summed E-state index contributed by atoms with van der Waals surface area (Å²) in [5.41, 5.74) is 10.5. The number of nitrogens with two attached hydrogens (primary N) is 1. The highest BCUT2D eigenvalue weighted by atomic mass is 16.5. The molecule has 0 saturated carbocycles. The quantitative estimate of drug-likeness (QED) is 0.818. The Hall–Kier alpha value is -2.40. The molecule has 2 aromatic rings. The predicted molar refractivity (Wildman–Crippen MR) is 99.6 cm³/mol. The Morgan fingerprint density at radius 2 is 1.60 bits per heavy atom. The summed E-state index contributed by atoms with van der Waals surface area (Å²) in [7, 11) is 5.01. The number of ether oxygens (including phenoxy) is 3. The Balaban J connectivity index is 1.67. The highest BCUT2D eigenvalue weighted by Gasteiger charge is 2.19. The van der Waals surface area contributed by atoms with Crippen LogP contribution >= 0.6 is 0 Å². The Morgan fingerprint density at radius 1 is 0.920 bits per heavy atom. The SMILES string of the molecule is COc1cc(CCN2CCc3cc(OC)c(OC)cc3C2)ccc1N. The average Bonchev–Trinajstić information content (AvgIpc) is 2.65. The van der Waals surface area contributed by atoms with E-state index in [2.05, 4.69) is 23.1 Å². The molecular formula is C20H26N2O3. The fourth-order valence-corrected chi connectivity index (χ4v) is 3.33. The number of hydrogen-bond acceptors (Lipinski definition) is 5. The molecule has 0 spiro atoms. The molecule has 0 atom stereocenters. The van der Waals surface area contributed by atoms with Gasteiger partial charge in [-0.25, -0.2) is 0 Å². The van der Waals surface area contributed by atoms with E-state index in [4.69, 9.17) is 19.9 Å². The highest BCUT2D eigenvalue weighted by Crippen LogP contribution is 2.33. The van der Waals surface area contributed by atoms with E-state index in [1.165, 1.54) is 16.7 Å². The maximum atomic E-state index is 5.89. The van der Waals surface area contributed by atoms with Crippen LogP contribution in [0.25, 0.3) is 0 Å². The van der Waals surface area contributed by atoms with Gasteiger partial charge in [-0.2, -0.15) is 0 Å². The minimum Gasteiger partial charge on any atom is -0.495 e. The average molecular weight is 342 g/mol. The molecule has 5 nitrogen and oxygen atoms in total. The molecule has 1 heterocycles. The lowest BCUT2D eigenvalue weighted by Gasteiger charge is -2.29. The van der Waals surface area contributed by atoms with Crippen LogP contribution in [-0.2, 0) is 19.4 Å². The van der Waals surface area contributed by atoms with Crippen molar-refractivity contribution >= 4 is 5.69 Å². The van der Waals surface area contributed by atoms with Crippen molar-refractivity contribution in [3.63, 3.8) is 0 Å². The summed E-state index contributed by atoms with van der Waals surface area (Å²) >= 11 is 0. The van der Waals surface area contributed by atoms with E-state index < -0.39 is 0 Å². The zero-order chi connectivity index (χ0) is 17.8. The van der Waals surface area contributed by atoms with E-state index in [9.17, 15) is 0 Å². The van der Waals surface area contributed by atoms with Gasteiger partial charge >= 0.3 is 0 Å². The van der Waals surface area contributed by atoms with Crippen LogP contribution in [0.1, 0.15) is 16.7 Å². The molecule has 134 valence electrons. The first-order valence-corrected chi connectivity index (χ1v) is 8.53. The molecule has 0 bridgehead atoms. The summed E-state index contributed by atoms with van der Waals surface area (Å²) in [5.74, 6) is 2.35. The third-order valence-corrected chi connectivity index (χ3v) is 4.81. The van der Waals surface area contributed by atoms with Crippen LogP contribution in [0.2, 0.25) is 0 Å². The number of rotatable bonds is 6. The molecule has 2 aromatic carbocycles. The summed E-state index contributed by atoms with van der Waals surface area (Å²) < 4.78 is 16.1. The maximum absolute atomic E-state index is 5.89. The van der Waals surface area contributed by atoms with Gasteiger partial charge < -0.3 is 19.9 Å². The van der Waals surface area contributed by atoms with Crippen LogP contribution in [0.15, 0.2) is 30.3 Å². The summed E-state index contributed by atoms with van der Waals surface area (Å²) in [6.07, 6.45) is 2.00. The molecule has 1 aliphatic heterocycles. The Bertz CT molecular complexity index is 746. The minimum atomic E-state index is 0.680. The Labute approximate surface area is 149 Å². The van der Waals surface area contributed by atoms with Gasteiger partial charge in [-0.05, 0) is 53.8 Å². The van der Waals surface area contributed by atoms with Crippen molar-refractivity contribution < 1.29 is 14.2 Å². The molecule has 3 rings (SSSR count). The second-order valence-electron chi connectivity index (χ2n) is 6.33.